The average molecular weight is 434 g/mol. The van der Waals surface area contributed by atoms with Crippen LogP contribution in [0, 0.1) is 12.1 Å². The molecule has 0 bridgehead atoms. The van der Waals surface area contributed by atoms with Gasteiger partial charge in [-0.3, -0.25) is 4.90 Å². The zero-order valence-corrected chi connectivity index (χ0v) is 18.6. The quantitative estimate of drug-likeness (QED) is 0.253. The van der Waals surface area contributed by atoms with E-state index in [9.17, 15) is 5.21 Å². The molecule has 0 amide bonds. The molecule has 0 spiro atoms. The number of benzene rings is 2. The summed E-state index contributed by atoms with van der Waals surface area (Å²) in [5, 5.41) is 16.6. The maximum Gasteiger partial charge on any atom is 0.227 e. The zero-order chi connectivity index (χ0) is 21.2. The van der Waals surface area contributed by atoms with Crippen LogP contribution in [0.25, 0.3) is 21.0 Å². The van der Waals surface area contributed by atoms with Gasteiger partial charge in [0.1, 0.15) is 5.75 Å². The number of ether oxygens (including phenoxy) is 1. The maximum atomic E-state index is 12.1. The van der Waals surface area contributed by atoms with Crippen molar-refractivity contribution in [1.82, 2.24) is 4.90 Å². The van der Waals surface area contributed by atoms with Gasteiger partial charge in [-0.1, -0.05) is 6.07 Å². The third kappa shape index (κ3) is 4.18. The molecule has 0 N–H and O–H groups in total. The van der Waals surface area contributed by atoms with E-state index in [0.29, 0.717) is 12.1 Å². The fourth-order valence-electron chi connectivity index (χ4n) is 4.41. The van der Waals surface area contributed by atoms with Crippen molar-refractivity contribution in [3.8, 4) is 5.75 Å². The molecular formula is C25H27N3O2S. The van der Waals surface area contributed by atoms with Crippen molar-refractivity contribution in [2.45, 2.75) is 13.3 Å². The van der Waals surface area contributed by atoms with Crippen molar-refractivity contribution >= 4 is 38.0 Å². The Balaban J connectivity index is 1.11. The Labute approximate surface area is 186 Å². The number of hydrogen-bond donors (Lipinski definition) is 0. The highest BCUT2D eigenvalue weighted by atomic mass is 32.1. The van der Waals surface area contributed by atoms with E-state index < -0.39 is 0 Å². The number of aromatic nitrogens is 1. The van der Waals surface area contributed by atoms with Crippen molar-refractivity contribution in [3.05, 3.63) is 70.9 Å². The largest absolute Gasteiger partial charge is 0.618 e. The second kappa shape index (κ2) is 8.73. The highest BCUT2D eigenvalue weighted by Gasteiger charge is 2.18. The van der Waals surface area contributed by atoms with E-state index in [2.05, 4.69) is 39.4 Å². The predicted molar refractivity (Wildman–Crippen MR) is 128 cm³/mol. The molecule has 2 aromatic carbocycles. The molecule has 4 aromatic rings. The first kappa shape index (κ1) is 20.1. The van der Waals surface area contributed by atoms with Crippen LogP contribution in [-0.2, 0) is 0 Å². The fraction of sp³-hybridized carbons (Fsp3) is 0.320. The summed E-state index contributed by atoms with van der Waals surface area (Å²) >= 11 is 1.81. The van der Waals surface area contributed by atoms with Gasteiger partial charge in [0, 0.05) is 54.6 Å². The number of hydrogen-bond acceptors (Lipinski definition) is 5. The first-order chi connectivity index (χ1) is 15.2. The van der Waals surface area contributed by atoms with E-state index in [1.165, 1.54) is 15.8 Å². The number of nitrogens with zero attached hydrogens (tertiary/aromatic N) is 3. The van der Waals surface area contributed by atoms with Crippen LogP contribution in [0.1, 0.15) is 12.0 Å². The van der Waals surface area contributed by atoms with Crippen LogP contribution >= 0.6 is 11.3 Å². The lowest BCUT2D eigenvalue weighted by molar-refractivity contribution is -0.577. The first-order valence-electron chi connectivity index (χ1n) is 10.9. The highest BCUT2D eigenvalue weighted by Crippen LogP contribution is 2.31. The highest BCUT2D eigenvalue weighted by molar-refractivity contribution is 7.17. The third-order valence-corrected chi connectivity index (χ3v) is 7.05. The van der Waals surface area contributed by atoms with E-state index >= 15 is 0 Å². The van der Waals surface area contributed by atoms with Gasteiger partial charge in [-0.2, -0.15) is 4.73 Å². The summed E-state index contributed by atoms with van der Waals surface area (Å²) in [6, 6.07) is 16.5. The summed E-state index contributed by atoms with van der Waals surface area (Å²) in [6.45, 7) is 7.98. The molecule has 5 nitrogen and oxygen atoms in total. The van der Waals surface area contributed by atoms with Gasteiger partial charge in [0.05, 0.1) is 18.1 Å². The maximum absolute atomic E-state index is 12.1. The van der Waals surface area contributed by atoms with Crippen molar-refractivity contribution in [2.24, 2.45) is 0 Å². The minimum Gasteiger partial charge on any atom is -0.618 e. The van der Waals surface area contributed by atoms with Gasteiger partial charge in [-0.15, -0.1) is 11.3 Å². The van der Waals surface area contributed by atoms with Crippen LogP contribution in [0.3, 0.4) is 0 Å². The molecule has 1 aliphatic rings. The first-order valence-corrected chi connectivity index (χ1v) is 11.8. The molecule has 5 rings (SSSR count). The molecule has 0 radical (unpaired) electrons. The standard InChI is InChI=1S/C25H27N3O2S/c1-19-8-11-28(29)24-18-20(6-7-21(19)24)30-16-3-10-26-12-14-27(15-13-26)23-4-2-5-25-22(23)9-17-31-25/h2,4-9,11,17-18H,3,10,12-16H2,1H3. The topological polar surface area (TPSA) is 42.7 Å². The zero-order valence-electron chi connectivity index (χ0n) is 17.8. The Morgan fingerprint density at radius 2 is 1.90 bits per heavy atom. The minimum atomic E-state index is 0.657. The SMILES string of the molecule is Cc1cc[n+]([O-])c2cc(OCCCN3CCN(c4cccc5sccc45)CC3)ccc12. The van der Waals surface area contributed by atoms with E-state index in [0.717, 1.165) is 60.6 Å². The van der Waals surface area contributed by atoms with Crippen LogP contribution in [0.15, 0.2) is 60.1 Å². The second-order valence-electron chi connectivity index (χ2n) is 8.14. The molecule has 0 aliphatic carbocycles. The molecule has 160 valence electrons. The van der Waals surface area contributed by atoms with Gasteiger partial charge in [-0.25, -0.2) is 0 Å². The molecule has 6 heteroatoms. The summed E-state index contributed by atoms with van der Waals surface area (Å²) in [6.07, 6.45) is 2.53. The number of aryl methyl sites for hydroxylation is 1. The molecule has 0 atom stereocenters. The fourth-order valence-corrected chi connectivity index (χ4v) is 5.22. The Kier molecular flexibility index (Phi) is 5.66. The molecule has 31 heavy (non-hydrogen) atoms. The van der Waals surface area contributed by atoms with Gasteiger partial charge >= 0.3 is 0 Å². The molecule has 3 heterocycles. The third-order valence-electron chi connectivity index (χ3n) is 6.16. The van der Waals surface area contributed by atoms with Gasteiger partial charge in [0.15, 0.2) is 6.20 Å². The van der Waals surface area contributed by atoms with E-state index in [4.69, 9.17) is 4.74 Å². The van der Waals surface area contributed by atoms with Crippen LogP contribution < -0.4 is 14.4 Å². The van der Waals surface area contributed by atoms with Crippen LogP contribution in [0.5, 0.6) is 5.75 Å². The summed E-state index contributed by atoms with van der Waals surface area (Å²) in [4.78, 5) is 5.03. The van der Waals surface area contributed by atoms with Gasteiger partial charge < -0.3 is 14.8 Å². The van der Waals surface area contributed by atoms with E-state index in [1.54, 1.807) is 6.20 Å². The average Bonchev–Trinajstić information content (AvgIpc) is 3.29. The van der Waals surface area contributed by atoms with Gasteiger partial charge in [-0.05, 0) is 54.6 Å². The van der Waals surface area contributed by atoms with Gasteiger partial charge in [0.2, 0.25) is 5.52 Å². The van der Waals surface area contributed by atoms with Crippen LogP contribution in [-0.4, -0.2) is 44.2 Å². The summed E-state index contributed by atoms with van der Waals surface area (Å²) in [7, 11) is 0. The molecule has 1 fully saturated rings. The Morgan fingerprint density at radius 1 is 1.03 bits per heavy atom. The molecule has 0 saturated carbocycles. The summed E-state index contributed by atoms with van der Waals surface area (Å²) in [5.41, 5.74) is 3.13. The normalized spacial score (nSPS) is 15.1. The lowest BCUT2D eigenvalue weighted by atomic mass is 10.1. The molecule has 2 aromatic heterocycles. The molecule has 1 saturated heterocycles. The van der Waals surface area contributed by atoms with E-state index in [1.807, 2.05) is 42.5 Å². The number of piperazine rings is 1. The smallest absolute Gasteiger partial charge is 0.227 e. The number of pyridine rings is 1. The number of rotatable bonds is 6. The van der Waals surface area contributed by atoms with Crippen molar-refractivity contribution in [1.29, 1.82) is 0 Å². The van der Waals surface area contributed by atoms with Crippen LogP contribution in [0.2, 0.25) is 0 Å². The summed E-state index contributed by atoms with van der Waals surface area (Å²) in [5.74, 6) is 0.761. The number of thiophene rings is 1. The molecular weight excluding hydrogens is 406 g/mol. The monoisotopic (exact) mass is 433 g/mol. The Morgan fingerprint density at radius 3 is 2.77 bits per heavy atom. The van der Waals surface area contributed by atoms with Crippen molar-refractivity contribution < 1.29 is 9.47 Å². The lowest BCUT2D eigenvalue weighted by Crippen LogP contribution is -2.46. The number of fused-ring (bicyclic) bond motifs is 2. The lowest BCUT2D eigenvalue weighted by Gasteiger charge is -2.36. The molecule has 1 aliphatic heterocycles. The van der Waals surface area contributed by atoms with Crippen molar-refractivity contribution in [2.75, 3.05) is 44.2 Å². The van der Waals surface area contributed by atoms with E-state index in [-0.39, 0.29) is 0 Å². The molecule has 0 unspecified atom stereocenters. The predicted octanol–water partition coefficient (Wildman–Crippen LogP) is 4.59. The minimum absolute atomic E-state index is 0.657. The summed E-state index contributed by atoms with van der Waals surface area (Å²) < 4.78 is 8.21. The Hall–Kier alpha value is -2.83. The van der Waals surface area contributed by atoms with Crippen molar-refractivity contribution in [3.63, 3.8) is 0 Å². The Bertz CT molecular complexity index is 1200. The van der Waals surface area contributed by atoms with Gasteiger partial charge in [0.25, 0.3) is 0 Å². The number of anilines is 1. The second-order valence-corrected chi connectivity index (χ2v) is 9.09. The van der Waals surface area contributed by atoms with Crippen LogP contribution in [0.4, 0.5) is 5.69 Å².